The first kappa shape index (κ1) is 16.2. The third kappa shape index (κ3) is 2.84. The topological polar surface area (TPSA) is 42.2 Å². The number of halogens is 2. The Morgan fingerprint density at radius 1 is 0.960 bits per heavy atom. The number of hydrogen-bond acceptors (Lipinski definition) is 1. The monoisotopic (exact) mass is 371 g/mol. The molecule has 1 aromatic heterocycles. The summed E-state index contributed by atoms with van der Waals surface area (Å²) in [5.74, 6) is -1.24. The Labute approximate surface area is 155 Å². The van der Waals surface area contributed by atoms with Crippen molar-refractivity contribution in [3.05, 3.63) is 70.3 Å². The van der Waals surface area contributed by atoms with E-state index in [1.165, 1.54) is 0 Å². The molecule has 3 aromatic rings. The second-order valence-corrected chi connectivity index (χ2v) is 7.05. The molecule has 3 nitrogen and oxygen atoms in total. The molecule has 126 valence electrons. The largest absolute Gasteiger partial charge is 0.481 e. The van der Waals surface area contributed by atoms with Crippen LogP contribution in [-0.2, 0) is 11.3 Å². The summed E-state index contributed by atoms with van der Waals surface area (Å²) >= 11 is 12.0. The molecule has 25 heavy (non-hydrogen) atoms. The molecule has 0 aliphatic carbocycles. The number of benzene rings is 2. The van der Waals surface area contributed by atoms with E-state index in [4.69, 9.17) is 23.2 Å². The second-order valence-electron chi connectivity index (χ2n) is 6.18. The van der Waals surface area contributed by atoms with E-state index in [9.17, 15) is 9.90 Å². The van der Waals surface area contributed by atoms with Gasteiger partial charge in [0.25, 0.3) is 0 Å². The van der Waals surface area contributed by atoms with Crippen LogP contribution in [0.1, 0.15) is 18.0 Å². The zero-order chi connectivity index (χ0) is 17.6. The van der Waals surface area contributed by atoms with Crippen molar-refractivity contribution in [1.29, 1.82) is 0 Å². The van der Waals surface area contributed by atoms with Crippen LogP contribution in [0.4, 0.5) is 0 Å². The molecule has 5 heteroatoms. The normalized spacial score (nSPS) is 16.0. The third-order valence-corrected chi connectivity index (χ3v) is 5.20. The van der Waals surface area contributed by atoms with E-state index in [1.54, 1.807) is 0 Å². The van der Waals surface area contributed by atoms with Gasteiger partial charge in [-0.25, -0.2) is 0 Å². The number of hydrogen-bond donors (Lipinski definition) is 1. The van der Waals surface area contributed by atoms with Crippen LogP contribution in [0.2, 0.25) is 10.0 Å². The molecule has 1 aliphatic heterocycles. The standard InChI is InChI=1S/C20H15Cl2NO2/c21-14-5-1-12(2-6-14)17-11-18-16(20(24)25)9-10-23(18)19(17)13-3-7-15(22)8-4-13/h1-8,11,16H,9-10H2,(H,24,25). The van der Waals surface area contributed by atoms with Gasteiger partial charge in [0, 0.05) is 27.8 Å². The molecule has 0 saturated heterocycles. The summed E-state index contributed by atoms with van der Waals surface area (Å²) in [5, 5.41) is 10.9. The van der Waals surface area contributed by atoms with Crippen LogP contribution >= 0.6 is 23.2 Å². The molecule has 0 spiro atoms. The summed E-state index contributed by atoms with van der Waals surface area (Å²) in [6.45, 7) is 0.692. The molecule has 1 aliphatic rings. The number of carboxylic acid groups (broad SMARTS) is 1. The fraction of sp³-hybridized carbons (Fsp3) is 0.150. The molecule has 0 saturated carbocycles. The Morgan fingerprint density at radius 3 is 2.08 bits per heavy atom. The van der Waals surface area contributed by atoms with Gasteiger partial charge in [0.1, 0.15) is 0 Å². The molecule has 0 fully saturated rings. The van der Waals surface area contributed by atoms with Crippen molar-refractivity contribution in [2.75, 3.05) is 0 Å². The number of fused-ring (bicyclic) bond motifs is 1. The van der Waals surface area contributed by atoms with Crippen molar-refractivity contribution in [2.24, 2.45) is 0 Å². The molecular weight excluding hydrogens is 357 g/mol. The number of aliphatic carboxylic acids is 1. The van der Waals surface area contributed by atoms with E-state index in [2.05, 4.69) is 4.57 Å². The van der Waals surface area contributed by atoms with E-state index in [0.29, 0.717) is 23.0 Å². The van der Waals surface area contributed by atoms with Crippen molar-refractivity contribution in [1.82, 2.24) is 4.57 Å². The highest BCUT2D eigenvalue weighted by molar-refractivity contribution is 6.31. The maximum absolute atomic E-state index is 11.6. The van der Waals surface area contributed by atoms with Gasteiger partial charge in [-0.3, -0.25) is 4.79 Å². The van der Waals surface area contributed by atoms with E-state index in [-0.39, 0.29) is 0 Å². The van der Waals surface area contributed by atoms with Gasteiger partial charge < -0.3 is 9.67 Å². The van der Waals surface area contributed by atoms with Crippen molar-refractivity contribution in [3.8, 4) is 22.4 Å². The zero-order valence-electron chi connectivity index (χ0n) is 13.2. The van der Waals surface area contributed by atoms with Crippen LogP contribution in [-0.4, -0.2) is 15.6 Å². The van der Waals surface area contributed by atoms with Crippen LogP contribution in [0.3, 0.4) is 0 Å². The highest BCUT2D eigenvalue weighted by Gasteiger charge is 2.32. The van der Waals surface area contributed by atoms with Crippen molar-refractivity contribution < 1.29 is 9.90 Å². The molecular formula is C20H15Cl2NO2. The SMILES string of the molecule is O=C(O)C1CCn2c1cc(-c1ccc(Cl)cc1)c2-c1ccc(Cl)cc1. The zero-order valence-corrected chi connectivity index (χ0v) is 14.8. The quantitative estimate of drug-likeness (QED) is 0.641. The fourth-order valence-electron chi connectivity index (χ4n) is 3.52. The van der Waals surface area contributed by atoms with Gasteiger partial charge in [-0.05, 0) is 47.9 Å². The Bertz CT molecular complexity index is 943. The summed E-state index contributed by atoms with van der Waals surface area (Å²) in [6, 6.07) is 17.3. The molecule has 0 radical (unpaired) electrons. The van der Waals surface area contributed by atoms with E-state index in [0.717, 1.165) is 28.1 Å². The maximum Gasteiger partial charge on any atom is 0.312 e. The molecule has 2 aromatic carbocycles. The van der Waals surface area contributed by atoms with Crippen molar-refractivity contribution >= 4 is 29.2 Å². The molecule has 2 heterocycles. The average molecular weight is 372 g/mol. The number of carbonyl (C=O) groups is 1. The number of carboxylic acids is 1. The first-order valence-corrected chi connectivity index (χ1v) is 8.78. The molecule has 1 N–H and O–H groups in total. The van der Waals surface area contributed by atoms with E-state index >= 15 is 0 Å². The minimum Gasteiger partial charge on any atom is -0.481 e. The lowest BCUT2D eigenvalue weighted by molar-refractivity contribution is -0.138. The highest BCUT2D eigenvalue weighted by atomic mass is 35.5. The van der Waals surface area contributed by atoms with Crippen LogP contribution in [0.5, 0.6) is 0 Å². The van der Waals surface area contributed by atoms with Gasteiger partial charge in [-0.1, -0.05) is 47.5 Å². The molecule has 0 bridgehead atoms. The van der Waals surface area contributed by atoms with Gasteiger partial charge in [0.05, 0.1) is 11.6 Å². The smallest absolute Gasteiger partial charge is 0.312 e. The first-order valence-electron chi connectivity index (χ1n) is 8.02. The number of nitrogens with zero attached hydrogens (tertiary/aromatic N) is 1. The maximum atomic E-state index is 11.6. The lowest BCUT2D eigenvalue weighted by Gasteiger charge is -2.10. The Kier molecular flexibility index (Phi) is 4.06. The van der Waals surface area contributed by atoms with Crippen LogP contribution in [0, 0.1) is 0 Å². The number of rotatable bonds is 3. The van der Waals surface area contributed by atoms with Crippen molar-refractivity contribution in [3.63, 3.8) is 0 Å². The summed E-state index contributed by atoms with van der Waals surface area (Å²) in [5.41, 5.74) is 4.92. The van der Waals surface area contributed by atoms with E-state index in [1.807, 2.05) is 54.6 Å². The first-order chi connectivity index (χ1) is 12.0. The lowest BCUT2D eigenvalue weighted by Crippen LogP contribution is -2.07. The Balaban J connectivity index is 1.94. The van der Waals surface area contributed by atoms with Crippen LogP contribution in [0.15, 0.2) is 54.6 Å². The summed E-state index contributed by atoms with van der Waals surface area (Å²) in [4.78, 5) is 11.6. The van der Waals surface area contributed by atoms with Gasteiger partial charge in [-0.2, -0.15) is 0 Å². The summed E-state index contributed by atoms with van der Waals surface area (Å²) in [6.07, 6.45) is 0.617. The lowest BCUT2D eigenvalue weighted by atomic mass is 9.98. The van der Waals surface area contributed by atoms with Gasteiger partial charge in [0.15, 0.2) is 0 Å². The van der Waals surface area contributed by atoms with Gasteiger partial charge >= 0.3 is 5.97 Å². The Hall–Kier alpha value is -2.23. The predicted molar refractivity (Wildman–Crippen MR) is 100 cm³/mol. The Morgan fingerprint density at radius 2 is 1.52 bits per heavy atom. The molecule has 1 atom stereocenters. The van der Waals surface area contributed by atoms with Crippen LogP contribution < -0.4 is 0 Å². The third-order valence-electron chi connectivity index (χ3n) is 4.70. The second kappa shape index (κ2) is 6.25. The predicted octanol–water partition coefficient (Wildman–Crippen LogP) is 5.70. The summed E-state index contributed by atoms with van der Waals surface area (Å²) in [7, 11) is 0. The number of aromatic nitrogens is 1. The fourth-order valence-corrected chi connectivity index (χ4v) is 3.77. The molecule has 1 unspecified atom stereocenters. The van der Waals surface area contributed by atoms with Gasteiger partial charge in [0.2, 0.25) is 0 Å². The molecule has 4 rings (SSSR count). The minimum atomic E-state index is -0.776. The van der Waals surface area contributed by atoms with Gasteiger partial charge in [-0.15, -0.1) is 0 Å². The minimum absolute atomic E-state index is 0.466. The van der Waals surface area contributed by atoms with Crippen LogP contribution in [0.25, 0.3) is 22.4 Å². The summed E-state index contributed by atoms with van der Waals surface area (Å²) < 4.78 is 2.12. The van der Waals surface area contributed by atoms with E-state index < -0.39 is 11.9 Å². The highest BCUT2D eigenvalue weighted by Crippen LogP contribution is 2.42. The van der Waals surface area contributed by atoms with Crippen molar-refractivity contribution in [2.45, 2.75) is 18.9 Å². The average Bonchev–Trinajstić information content (AvgIpc) is 3.15. The molecule has 0 amide bonds.